The molecule has 1 fully saturated rings. The first-order valence-electron chi connectivity index (χ1n) is 18.7. The van der Waals surface area contributed by atoms with Crippen molar-refractivity contribution in [3.63, 3.8) is 0 Å². The third-order valence-corrected chi connectivity index (χ3v) is 8.79. The van der Waals surface area contributed by atoms with E-state index in [1.165, 1.54) is 0 Å². The van der Waals surface area contributed by atoms with Crippen molar-refractivity contribution in [3.8, 4) is 28.3 Å². The number of carbonyl (C=O) groups is 2. The first kappa shape index (κ1) is 40.6. The molecule has 3 aromatic carbocycles. The lowest BCUT2D eigenvalue weighted by atomic mass is 9.81. The summed E-state index contributed by atoms with van der Waals surface area (Å²) >= 11 is 0. The molecule has 0 saturated heterocycles. The van der Waals surface area contributed by atoms with Gasteiger partial charge in [-0.15, -0.1) is 0 Å². The maximum atomic E-state index is 14.1. The number of ether oxygens (including phenoxy) is 1. The number of hydrogen-bond acceptors (Lipinski definition) is 7. The standard InChI is InChI=1S/C37H37N3O5.3C2H6/c1-4-7-32-31(21-24-10-12-25(13-11-24)29-8-5-6-9-30(29)36-39-37(43)45-40-36)35(42)34(23(3)38-32)26-14-16-27(17-15-26)44-28-18-19-33(41)22(2)20-28;3*1-2/h5-6,8-17,22,28,34H,4,7,18-21H2,1-3H3,(H,39,40,43);3*1-2H3. The predicted octanol–water partition coefficient (Wildman–Crippen LogP) is 10.3. The van der Waals surface area contributed by atoms with Gasteiger partial charge in [0.1, 0.15) is 11.5 Å². The van der Waals surface area contributed by atoms with Crippen LogP contribution in [0.2, 0.25) is 0 Å². The van der Waals surface area contributed by atoms with Gasteiger partial charge >= 0.3 is 5.76 Å². The largest absolute Gasteiger partial charge is 0.490 e. The summed E-state index contributed by atoms with van der Waals surface area (Å²) in [5.74, 6) is 0.508. The summed E-state index contributed by atoms with van der Waals surface area (Å²) in [6.07, 6.45) is 4.18. The average Bonchev–Trinajstić information content (AvgIpc) is 3.61. The molecule has 1 N–H and O–H groups in total. The Morgan fingerprint density at radius 1 is 0.863 bits per heavy atom. The Labute approximate surface area is 303 Å². The van der Waals surface area contributed by atoms with Crippen molar-refractivity contribution in [3.05, 3.63) is 106 Å². The van der Waals surface area contributed by atoms with E-state index >= 15 is 0 Å². The van der Waals surface area contributed by atoms with Crippen LogP contribution in [0.1, 0.15) is 111 Å². The first-order valence-corrected chi connectivity index (χ1v) is 18.7. The molecule has 0 amide bonds. The van der Waals surface area contributed by atoms with Crippen LogP contribution in [0.3, 0.4) is 0 Å². The minimum atomic E-state index is -0.600. The number of carbonyl (C=O) groups excluding carboxylic acids is 2. The van der Waals surface area contributed by atoms with Crippen LogP contribution in [-0.4, -0.2) is 33.5 Å². The van der Waals surface area contributed by atoms with Crippen molar-refractivity contribution in [2.24, 2.45) is 10.9 Å². The Kier molecular flexibility index (Phi) is 16.0. The summed E-state index contributed by atoms with van der Waals surface area (Å²) < 4.78 is 10.9. The predicted molar refractivity (Wildman–Crippen MR) is 207 cm³/mol. The van der Waals surface area contributed by atoms with Gasteiger partial charge in [0, 0.05) is 41.3 Å². The number of aliphatic imine (C=N–C) groups is 1. The number of allylic oxidation sites excluding steroid dienone is 2. The normalized spacial score (nSPS) is 18.3. The van der Waals surface area contributed by atoms with Crippen molar-refractivity contribution in [1.29, 1.82) is 0 Å². The van der Waals surface area contributed by atoms with Crippen molar-refractivity contribution < 1.29 is 18.8 Å². The van der Waals surface area contributed by atoms with Crippen molar-refractivity contribution in [2.45, 2.75) is 113 Å². The van der Waals surface area contributed by atoms with Gasteiger partial charge in [-0.3, -0.25) is 24.1 Å². The Morgan fingerprint density at radius 2 is 1.51 bits per heavy atom. The third kappa shape index (κ3) is 10.1. The number of hydrogen-bond donors (Lipinski definition) is 1. The SMILES string of the molecule is CC.CC.CC.CCCC1=C(Cc2ccc(-c3ccccc3-c3noc(=O)[nH]3)cc2)C(=O)C(c2ccc(OC3CCC(=O)C(C)C3)cc2)C(C)=N1. The highest BCUT2D eigenvalue weighted by molar-refractivity contribution is 6.18. The smallest absolute Gasteiger partial charge is 0.439 e. The summed E-state index contributed by atoms with van der Waals surface area (Å²) in [6.45, 7) is 18.0. The summed E-state index contributed by atoms with van der Waals surface area (Å²) in [6, 6.07) is 23.6. The fourth-order valence-corrected chi connectivity index (χ4v) is 6.40. The van der Waals surface area contributed by atoms with Gasteiger partial charge in [0.15, 0.2) is 11.6 Å². The molecule has 1 aliphatic carbocycles. The number of H-pyrrole nitrogens is 1. The molecule has 51 heavy (non-hydrogen) atoms. The second-order valence-electron chi connectivity index (χ2n) is 12.0. The Bertz CT molecular complexity index is 1830. The molecule has 2 aliphatic rings. The molecule has 0 bridgehead atoms. The van der Waals surface area contributed by atoms with Crippen LogP contribution in [0, 0.1) is 5.92 Å². The van der Waals surface area contributed by atoms with E-state index in [9.17, 15) is 14.4 Å². The van der Waals surface area contributed by atoms with Crippen LogP contribution in [0.15, 0.2) is 98.4 Å². The Morgan fingerprint density at radius 3 is 2.10 bits per heavy atom. The number of benzene rings is 3. The molecule has 4 aromatic rings. The van der Waals surface area contributed by atoms with Gasteiger partial charge in [0.2, 0.25) is 0 Å². The van der Waals surface area contributed by atoms with Crippen LogP contribution in [0.25, 0.3) is 22.5 Å². The van der Waals surface area contributed by atoms with E-state index in [4.69, 9.17) is 14.3 Å². The second kappa shape index (κ2) is 20.1. The quantitative estimate of drug-likeness (QED) is 0.187. The highest BCUT2D eigenvalue weighted by atomic mass is 16.5. The summed E-state index contributed by atoms with van der Waals surface area (Å²) in [5.41, 5.74) is 6.96. The number of ketones is 2. The van der Waals surface area contributed by atoms with Gasteiger partial charge in [-0.25, -0.2) is 4.79 Å². The van der Waals surface area contributed by atoms with Gasteiger partial charge in [-0.05, 0) is 60.6 Å². The molecule has 1 aliphatic heterocycles. The monoisotopic (exact) mass is 693 g/mol. The van der Waals surface area contributed by atoms with Crippen molar-refractivity contribution in [1.82, 2.24) is 10.1 Å². The number of aromatic nitrogens is 2. The van der Waals surface area contributed by atoms with Crippen LogP contribution in [0.4, 0.5) is 0 Å². The molecule has 1 saturated carbocycles. The van der Waals surface area contributed by atoms with E-state index in [2.05, 4.69) is 17.1 Å². The fourth-order valence-electron chi connectivity index (χ4n) is 6.40. The van der Waals surface area contributed by atoms with Crippen LogP contribution >= 0.6 is 0 Å². The van der Waals surface area contributed by atoms with E-state index in [1.54, 1.807) is 0 Å². The van der Waals surface area contributed by atoms with Crippen molar-refractivity contribution in [2.75, 3.05) is 0 Å². The molecule has 8 nitrogen and oxygen atoms in total. The molecular weight excluding hydrogens is 638 g/mol. The van der Waals surface area contributed by atoms with E-state index in [-0.39, 0.29) is 17.8 Å². The van der Waals surface area contributed by atoms with E-state index in [0.29, 0.717) is 24.4 Å². The number of aromatic amines is 1. The van der Waals surface area contributed by atoms with Gasteiger partial charge in [0.05, 0.1) is 12.0 Å². The molecule has 1 aromatic heterocycles. The minimum Gasteiger partial charge on any atom is -0.490 e. The van der Waals surface area contributed by atoms with Crippen LogP contribution in [-0.2, 0) is 16.0 Å². The van der Waals surface area contributed by atoms with Gasteiger partial charge in [-0.2, -0.15) is 0 Å². The number of nitrogens with zero attached hydrogens (tertiary/aromatic N) is 2. The zero-order valence-electron chi connectivity index (χ0n) is 31.8. The van der Waals surface area contributed by atoms with Gasteiger partial charge in [0.25, 0.3) is 0 Å². The fraction of sp³-hybridized carbons (Fsp3) is 0.419. The first-order chi connectivity index (χ1) is 24.8. The van der Waals surface area contributed by atoms with E-state index in [1.807, 2.05) is 128 Å². The van der Waals surface area contributed by atoms with Crippen LogP contribution < -0.4 is 10.5 Å². The molecule has 8 heteroatoms. The number of rotatable bonds is 9. The second-order valence-corrected chi connectivity index (χ2v) is 12.0. The summed E-state index contributed by atoms with van der Waals surface area (Å²) in [4.78, 5) is 45.2. The molecule has 6 rings (SSSR count). The molecule has 3 atom stereocenters. The zero-order chi connectivity index (χ0) is 37.5. The van der Waals surface area contributed by atoms with Gasteiger partial charge in [-0.1, -0.05) is 128 Å². The highest BCUT2D eigenvalue weighted by Crippen LogP contribution is 2.35. The summed E-state index contributed by atoms with van der Waals surface area (Å²) in [7, 11) is 0. The van der Waals surface area contributed by atoms with Crippen LogP contribution in [0.5, 0.6) is 5.75 Å². The lowest BCUT2D eigenvalue weighted by Crippen LogP contribution is -2.30. The van der Waals surface area contributed by atoms with Gasteiger partial charge < -0.3 is 4.74 Å². The number of nitrogens with one attached hydrogen (secondary N) is 1. The average molecular weight is 694 g/mol. The molecule has 2 heterocycles. The van der Waals surface area contributed by atoms with E-state index in [0.717, 1.165) is 76.2 Å². The highest BCUT2D eigenvalue weighted by Gasteiger charge is 2.32. The third-order valence-electron chi connectivity index (χ3n) is 8.79. The Balaban J connectivity index is 0.00000111. The molecular formula is C43H55N3O5. The topological polar surface area (TPSA) is 115 Å². The number of Topliss-reactive ketones (excluding diaryl/α,β-unsaturated/α-hetero) is 2. The summed E-state index contributed by atoms with van der Waals surface area (Å²) in [5, 5.41) is 3.86. The van der Waals surface area contributed by atoms with E-state index < -0.39 is 11.7 Å². The lowest BCUT2D eigenvalue weighted by Gasteiger charge is -2.27. The zero-order valence-corrected chi connectivity index (χ0v) is 31.8. The molecule has 0 radical (unpaired) electrons. The Hall–Kier alpha value is -4.85. The minimum absolute atomic E-state index is 0.0283. The van der Waals surface area contributed by atoms with Crippen molar-refractivity contribution >= 4 is 17.3 Å². The molecule has 272 valence electrons. The molecule has 0 spiro atoms. The molecule has 3 unspecified atom stereocenters. The lowest BCUT2D eigenvalue weighted by molar-refractivity contribution is -0.125. The maximum absolute atomic E-state index is 14.1. The maximum Gasteiger partial charge on any atom is 0.439 e.